The Labute approximate surface area is 155 Å². The van der Waals surface area contributed by atoms with Crippen LogP contribution in [-0.2, 0) is 7.05 Å². The van der Waals surface area contributed by atoms with Gasteiger partial charge in [0.15, 0.2) is 0 Å². The molecule has 1 N–H and O–H groups in total. The molecule has 1 aromatic carbocycles. The number of nitrogens with zero attached hydrogens (tertiary/aromatic N) is 5. The highest BCUT2D eigenvalue weighted by atomic mass is 16.2. The van der Waals surface area contributed by atoms with Gasteiger partial charge in [0.2, 0.25) is 0 Å². The van der Waals surface area contributed by atoms with Gasteiger partial charge >= 0.3 is 5.69 Å². The number of para-hydroxylation sites is 2. The van der Waals surface area contributed by atoms with Crippen molar-refractivity contribution in [3.05, 3.63) is 57.4 Å². The molecule has 2 fully saturated rings. The summed E-state index contributed by atoms with van der Waals surface area (Å²) < 4.78 is 1.08. The lowest BCUT2D eigenvalue weighted by Gasteiger charge is -2.23. The lowest BCUT2D eigenvalue weighted by atomic mass is 10.0. The van der Waals surface area contributed by atoms with Crippen LogP contribution in [-0.4, -0.2) is 45.7 Å². The van der Waals surface area contributed by atoms with Crippen LogP contribution in [0.25, 0.3) is 11.0 Å². The fourth-order valence-electron chi connectivity index (χ4n) is 4.19. The number of aromatic nitrogens is 4. The summed E-state index contributed by atoms with van der Waals surface area (Å²) in [4.78, 5) is 40.2. The van der Waals surface area contributed by atoms with Crippen LogP contribution in [0.4, 0.5) is 11.6 Å². The molecule has 27 heavy (non-hydrogen) atoms. The Hall–Kier alpha value is -3.16. The van der Waals surface area contributed by atoms with Crippen molar-refractivity contribution >= 4 is 22.7 Å². The summed E-state index contributed by atoms with van der Waals surface area (Å²) in [5, 5.41) is 0. The Morgan fingerprint density at radius 1 is 1.00 bits per heavy atom. The van der Waals surface area contributed by atoms with Crippen LogP contribution in [0, 0.1) is 11.8 Å². The van der Waals surface area contributed by atoms with E-state index in [0.29, 0.717) is 17.7 Å². The van der Waals surface area contributed by atoms with Crippen molar-refractivity contribution in [2.45, 2.75) is 0 Å². The molecular formula is C19H20N6O2. The molecule has 138 valence electrons. The van der Waals surface area contributed by atoms with E-state index in [4.69, 9.17) is 4.98 Å². The minimum absolute atomic E-state index is 0.279. The highest BCUT2D eigenvalue weighted by molar-refractivity contribution is 5.75. The van der Waals surface area contributed by atoms with E-state index in [0.717, 1.165) is 47.6 Å². The number of hydrogen-bond donors (Lipinski definition) is 1. The molecule has 2 aromatic heterocycles. The Bertz CT molecular complexity index is 1090. The van der Waals surface area contributed by atoms with Gasteiger partial charge in [-0.05, 0) is 12.1 Å². The molecule has 0 bridgehead atoms. The number of H-pyrrole nitrogens is 1. The molecule has 5 rings (SSSR count). The Kier molecular flexibility index (Phi) is 3.53. The highest BCUT2D eigenvalue weighted by Crippen LogP contribution is 2.34. The second-order valence-electron chi connectivity index (χ2n) is 7.40. The van der Waals surface area contributed by atoms with Crippen LogP contribution in [0.3, 0.4) is 0 Å². The van der Waals surface area contributed by atoms with Crippen LogP contribution < -0.4 is 21.0 Å². The zero-order valence-electron chi connectivity index (χ0n) is 15.0. The van der Waals surface area contributed by atoms with Gasteiger partial charge in [0, 0.05) is 51.1 Å². The molecule has 0 radical (unpaired) electrons. The van der Waals surface area contributed by atoms with E-state index in [-0.39, 0.29) is 11.2 Å². The predicted octanol–water partition coefficient (Wildman–Crippen LogP) is 0.589. The lowest BCUT2D eigenvalue weighted by Crippen LogP contribution is -2.36. The Morgan fingerprint density at radius 3 is 2.37 bits per heavy atom. The summed E-state index contributed by atoms with van der Waals surface area (Å²) in [6, 6.07) is 9.40. The highest BCUT2D eigenvalue weighted by Gasteiger charge is 2.41. The maximum absolute atomic E-state index is 11.9. The first-order valence-corrected chi connectivity index (χ1v) is 9.10. The number of fused-ring (bicyclic) bond motifs is 2. The van der Waals surface area contributed by atoms with E-state index in [2.05, 4.69) is 19.8 Å². The van der Waals surface area contributed by atoms with Crippen LogP contribution in [0.5, 0.6) is 0 Å². The fourth-order valence-corrected chi connectivity index (χ4v) is 4.19. The summed E-state index contributed by atoms with van der Waals surface area (Å²) >= 11 is 0. The maximum Gasteiger partial charge on any atom is 0.329 e. The lowest BCUT2D eigenvalue weighted by molar-refractivity contribution is 0.533. The Morgan fingerprint density at radius 2 is 1.67 bits per heavy atom. The molecule has 2 aliphatic rings. The van der Waals surface area contributed by atoms with Crippen molar-refractivity contribution in [1.29, 1.82) is 0 Å². The second kappa shape index (κ2) is 5.94. The average molecular weight is 364 g/mol. The first kappa shape index (κ1) is 16.0. The van der Waals surface area contributed by atoms with Gasteiger partial charge in [-0.2, -0.15) is 0 Å². The summed E-state index contributed by atoms with van der Waals surface area (Å²) in [5.41, 5.74) is 1.16. The molecular weight excluding hydrogens is 344 g/mol. The average Bonchev–Trinajstić information content (AvgIpc) is 3.24. The van der Waals surface area contributed by atoms with Gasteiger partial charge in [-0.25, -0.2) is 9.78 Å². The van der Waals surface area contributed by atoms with Crippen molar-refractivity contribution in [1.82, 2.24) is 19.5 Å². The van der Waals surface area contributed by atoms with Gasteiger partial charge in [-0.3, -0.25) is 19.3 Å². The maximum atomic E-state index is 11.9. The monoisotopic (exact) mass is 364 g/mol. The van der Waals surface area contributed by atoms with Gasteiger partial charge in [0.05, 0.1) is 17.2 Å². The third-order valence-electron chi connectivity index (χ3n) is 5.72. The van der Waals surface area contributed by atoms with Crippen LogP contribution in [0.2, 0.25) is 0 Å². The summed E-state index contributed by atoms with van der Waals surface area (Å²) in [7, 11) is 1.48. The fraction of sp³-hybridized carbons (Fsp3) is 0.368. The standard InChI is InChI=1S/C19H20N6O2/c1-23-18(26)6-16(22-19(23)27)24-8-12-10-25(11-13(12)9-24)17-7-20-14-4-2-3-5-15(14)21-17/h2-7,12-13H,8-11H2,1H3,(H,22,27). The predicted molar refractivity (Wildman–Crippen MR) is 103 cm³/mol. The Balaban J connectivity index is 1.34. The summed E-state index contributed by atoms with van der Waals surface area (Å²) in [5.74, 6) is 2.49. The van der Waals surface area contributed by atoms with Gasteiger partial charge in [0.1, 0.15) is 11.6 Å². The summed E-state index contributed by atoms with van der Waals surface area (Å²) in [6.45, 7) is 3.46. The minimum atomic E-state index is -0.373. The van der Waals surface area contributed by atoms with Gasteiger partial charge in [-0.1, -0.05) is 12.1 Å². The number of rotatable bonds is 2. The normalized spacial score (nSPS) is 21.8. The number of nitrogens with one attached hydrogen (secondary N) is 1. The molecule has 2 atom stereocenters. The van der Waals surface area contributed by atoms with Crippen LogP contribution in [0.1, 0.15) is 0 Å². The SMILES string of the molecule is Cn1c(=O)cc(N2CC3CN(c4cnc5ccccc5n4)CC3C2)[nH]c1=O. The van der Waals surface area contributed by atoms with E-state index >= 15 is 0 Å². The molecule has 0 spiro atoms. The number of anilines is 2. The summed E-state index contributed by atoms with van der Waals surface area (Å²) in [6.07, 6.45) is 1.85. The number of hydrogen-bond acceptors (Lipinski definition) is 6. The van der Waals surface area contributed by atoms with E-state index < -0.39 is 0 Å². The van der Waals surface area contributed by atoms with Crippen molar-refractivity contribution in [2.75, 3.05) is 36.0 Å². The second-order valence-corrected chi connectivity index (χ2v) is 7.40. The smallest absolute Gasteiger partial charge is 0.329 e. The van der Waals surface area contributed by atoms with E-state index in [1.807, 2.05) is 30.5 Å². The molecule has 2 saturated heterocycles. The van der Waals surface area contributed by atoms with Crippen molar-refractivity contribution in [3.63, 3.8) is 0 Å². The molecule has 0 amide bonds. The van der Waals surface area contributed by atoms with Gasteiger partial charge in [-0.15, -0.1) is 0 Å². The molecule has 3 aromatic rings. The van der Waals surface area contributed by atoms with Crippen LogP contribution in [0.15, 0.2) is 46.1 Å². The van der Waals surface area contributed by atoms with Crippen molar-refractivity contribution in [2.24, 2.45) is 18.9 Å². The topological polar surface area (TPSA) is 87.1 Å². The van der Waals surface area contributed by atoms with E-state index in [9.17, 15) is 9.59 Å². The van der Waals surface area contributed by atoms with Crippen molar-refractivity contribution < 1.29 is 0 Å². The molecule has 2 unspecified atom stereocenters. The zero-order valence-corrected chi connectivity index (χ0v) is 15.0. The molecule has 8 nitrogen and oxygen atoms in total. The zero-order chi connectivity index (χ0) is 18.5. The molecule has 8 heteroatoms. The minimum Gasteiger partial charge on any atom is -0.357 e. The molecule has 2 aliphatic heterocycles. The van der Waals surface area contributed by atoms with Crippen LogP contribution >= 0.6 is 0 Å². The quantitative estimate of drug-likeness (QED) is 0.716. The molecule has 4 heterocycles. The number of aromatic amines is 1. The van der Waals surface area contributed by atoms with Gasteiger partial charge in [0.25, 0.3) is 5.56 Å². The van der Waals surface area contributed by atoms with Gasteiger partial charge < -0.3 is 9.80 Å². The molecule has 0 saturated carbocycles. The van der Waals surface area contributed by atoms with E-state index in [1.165, 1.54) is 13.1 Å². The largest absolute Gasteiger partial charge is 0.357 e. The first-order valence-electron chi connectivity index (χ1n) is 9.10. The third-order valence-corrected chi connectivity index (χ3v) is 5.72. The van der Waals surface area contributed by atoms with Crippen molar-refractivity contribution in [3.8, 4) is 0 Å². The number of benzene rings is 1. The van der Waals surface area contributed by atoms with E-state index in [1.54, 1.807) is 0 Å². The molecule has 0 aliphatic carbocycles. The third kappa shape index (κ3) is 2.68. The first-order chi connectivity index (χ1) is 13.1.